The van der Waals surface area contributed by atoms with Gasteiger partial charge in [0.25, 0.3) is 0 Å². The number of hydrogen-bond acceptors (Lipinski definition) is 3. The van der Waals surface area contributed by atoms with Gasteiger partial charge in [0.05, 0.1) is 0 Å². The van der Waals surface area contributed by atoms with Crippen LogP contribution in [0.15, 0.2) is 205 Å². The molecule has 0 aliphatic rings. The van der Waals surface area contributed by atoms with Crippen molar-refractivity contribution < 1.29 is 4.42 Å². The first-order valence-electron chi connectivity index (χ1n) is 18.7. The van der Waals surface area contributed by atoms with Crippen LogP contribution in [0, 0.1) is 0 Å². The number of furan rings is 1. The number of rotatable bonds is 6. The molecule has 0 aliphatic heterocycles. The van der Waals surface area contributed by atoms with Crippen LogP contribution in [0.4, 0.5) is 17.1 Å². The number of thiophene rings is 1. The van der Waals surface area contributed by atoms with E-state index in [1.165, 1.54) is 47.8 Å². The van der Waals surface area contributed by atoms with Crippen LogP contribution in [-0.2, 0) is 0 Å². The zero-order chi connectivity index (χ0) is 36.3. The molecule has 3 heteroatoms. The van der Waals surface area contributed by atoms with E-state index in [1.54, 1.807) is 0 Å². The minimum atomic E-state index is 0.893. The first-order chi connectivity index (χ1) is 27.3. The molecule has 0 atom stereocenters. The average Bonchev–Trinajstić information content (AvgIpc) is 3.83. The highest BCUT2D eigenvalue weighted by molar-refractivity contribution is 7.26. The fourth-order valence-electron chi connectivity index (χ4n) is 8.23. The standard InChI is InChI=1S/C52H33NOS/c1-3-12-35(13-4-1)47-33-48-43-31-26-37(32-49(43)54-51(48)45-18-8-7-16-42(45)47)34-22-27-39(28-23-34)53(38-14-5-2-6-15-38)40-29-24-36(25-30-40)41-19-11-20-46-44-17-9-10-21-50(44)55-52(41)46/h1-33H. The summed E-state index contributed by atoms with van der Waals surface area (Å²) >= 11 is 1.87. The third-order valence-corrected chi connectivity index (χ3v) is 12.1. The van der Waals surface area contributed by atoms with Gasteiger partial charge in [-0.2, -0.15) is 0 Å². The second-order valence-corrected chi connectivity index (χ2v) is 15.1. The maximum absolute atomic E-state index is 6.67. The van der Waals surface area contributed by atoms with Gasteiger partial charge in [-0.1, -0.05) is 140 Å². The Morgan fingerprint density at radius 2 is 0.927 bits per heavy atom. The lowest BCUT2D eigenvalue weighted by Gasteiger charge is -2.26. The summed E-state index contributed by atoms with van der Waals surface area (Å²) in [6.45, 7) is 0. The van der Waals surface area contributed by atoms with E-state index in [0.717, 1.165) is 55.5 Å². The predicted octanol–water partition coefficient (Wildman–Crippen LogP) is 15.6. The van der Waals surface area contributed by atoms with E-state index in [0.29, 0.717) is 0 Å². The molecule has 0 radical (unpaired) electrons. The molecule has 11 aromatic rings. The summed E-state index contributed by atoms with van der Waals surface area (Å²) < 4.78 is 9.32. The van der Waals surface area contributed by atoms with Crippen molar-refractivity contribution in [2.75, 3.05) is 4.90 Å². The van der Waals surface area contributed by atoms with Crippen LogP contribution in [0.1, 0.15) is 0 Å². The van der Waals surface area contributed by atoms with Gasteiger partial charge in [-0.15, -0.1) is 11.3 Å². The third-order valence-electron chi connectivity index (χ3n) is 10.9. The van der Waals surface area contributed by atoms with Crippen LogP contribution in [0.5, 0.6) is 0 Å². The summed E-state index contributed by atoms with van der Waals surface area (Å²) in [5.74, 6) is 0. The maximum Gasteiger partial charge on any atom is 0.143 e. The second kappa shape index (κ2) is 12.9. The van der Waals surface area contributed by atoms with Gasteiger partial charge in [0.2, 0.25) is 0 Å². The molecule has 9 aromatic carbocycles. The summed E-state index contributed by atoms with van der Waals surface area (Å²) in [5, 5.41) is 7.23. The van der Waals surface area contributed by atoms with Gasteiger partial charge in [-0.3, -0.25) is 0 Å². The molecule has 0 fully saturated rings. The van der Waals surface area contributed by atoms with Crippen LogP contribution in [-0.4, -0.2) is 0 Å². The van der Waals surface area contributed by atoms with Crippen molar-refractivity contribution >= 4 is 81.3 Å². The molecule has 0 aliphatic carbocycles. The number of nitrogens with zero attached hydrogens (tertiary/aromatic N) is 1. The summed E-state index contributed by atoms with van der Waals surface area (Å²) in [6, 6.07) is 71.9. The Kier molecular flexibility index (Phi) is 7.39. The van der Waals surface area contributed by atoms with Crippen molar-refractivity contribution in [1.82, 2.24) is 0 Å². The van der Waals surface area contributed by atoms with E-state index in [4.69, 9.17) is 4.42 Å². The van der Waals surface area contributed by atoms with Gasteiger partial charge in [-0.25, -0.2) is 0 Å². The van der Waals surface area contributed by atoms with Gasteiger partial charge in [0.15, 0.2) is 0 Å². The monoisotopic (exact) mass is 719 g/mol. The molecule has 2 nitrogen and oxygen atoms in total. The first-order valence-corrected chi connectivity index (χ1v) is 19.5. The molecule has 0 spiro atoms. The molecule has 0 unspecified atom stereocenters. The van der Waals surface area contributed by atoms with Crippen LogP contribution < -0.4 is 4.90 Å². The summed E-state index contributed by atoms with van der Waals surface area (Å²) in [7, 11) is 0. The molecule has 0 amide bonds. The SMILES string of the molecule is c1ccc(-c2cc3c4ccc(-c5ccc(N(c6ccccc6)c6ccc(-c7cccc8c7sc7ccccc78)cc6)cc5)cc4oc3c3ccccc23)cc1. The summed E-state index contributed by atoms with van der Waals surface area (Å²) in [6.07, 6.45) is 0. The van der Waals surface area contributed by atoms with Crippen LogP contribution in [0.25, 0.3) is 86.3 Å². The average molecular weight is 720 g/mol. The van der Waals surface area contributed by atoms with E-state index in [1.807, 2.05) is 11.3 Å². The third kappa shape index (κ3) is 5.32. The van der Waals surface area contributed by atoms with Crippen molar-refractivity contribution in [3.8, 4) is 33.4 Å². The normalized spacial score (nSPS) is 11.6. The van der Waals surface area contributed by atoms with Crippen molar-refractivity contribution in [3.63, 3.8) is 0 Å². The fraction of sp³-hybridized carbons (Fsp3) is 0. The maximum atomic E-state index is 6.67. The van der Waals surface area contributed by atoms with Crippen LogP contribution in [0.3, 0.4) is 0 Å². The van der Waals surface area contributed by atoms with E-state index < -0.39 is 0 Å². The highest BCUT2D eigenvalue weighted by Gasteiger charge is 2.17. The second-order valence-electron chi connectivity index (χ2n) is 14.1. The van der Waals surface area contributed by atoms with Crippen LogP contribution >= 0.6 is 11.3 Å². The molecule has 11 rings (SSSR count). The number of hydrogen-bond donors (Lipinski definition) is 0. The van der Waals surface area contributed by atoms with E-state index in [9.17, 15) is 0 Å². The predicted molar refractivity (Wildman–Crippen MR) is 235 cm³/mol. The Morgan fingerprint density at radius 3 is 1.69 bits per heavy atom. The zero-order valence-corrected chi connectivity index (χ0v) is 30.6. The Bertz CT molecular complexity index is 3180. The highest BCUT2D eigenvalue weighted by atomic mass is 32.1. The smallest absolute Gasteiger partial charge is 0.143 e. The minimum absolute atomic E-state index is 0.893. The van der Waals surface area contributed by atoms with E-state index in [-0.39, 0.29) is 0 Å². The Hall–Kier alpha value is -6.94. The lowest BCUT2D eigenvalue weighted by atomic mass is 9.95. The molecule has 55 heavy (non-hydrogen) atoms. The lowest BCUT2D eigenvalue weighted by Crippen LogP contribution is -2.09. The molecule has 0 bridgehead atoms. The Balaban J connectivity index is 0.955. The van der Waals surface area contributed by atoms with Crippen molar-refractivity contribution in [2.24, 2.45) is 0 Å². The fourth-order valence-corrected chi connectivity index (χ4v) is 9.46. The highest BCUT2D eigenvalue weighted by Crippen LogP contribution is 2.43. The number of para-hydroxylation sites is 1. The van der Waals surface area contributed by atoms with Gasteiger partial charge in [0.1, 0.15) is 11.2 Å². The zero-order valence-electron chi connectivity index (χ0n) is 29.8. The molecule has 258 valence electrons. The number of benzene rings is 9. The van der Waals surface area contributed by atoms with Gasteiger partial charge in [-0.05, 0) is 99.4 Å². The van der Waals surface area contributed by atoms with E-state index >= 15 is 0 Å². The molecule has 0 saturated carbocycles. The molecule has 2 aromatic heterocycles. The Morgan fingerprint density at radius 1 is 0.345 bits per heavy atom. The molecular formula is C52H33NOS. The van der Waals surface area contributed by atoms with Crippen molar-refractivity contribution in [2.45, 2.75) is 0 Å². The van der Waals surface area contributed by atoms with Gasteiger partial charge < -0.3 is 9.32 Å². The lowest BCUT2D eigenvalue weighted by molar-refractivity contribution is 0.673. The number of fused-ring (bicyclic) bond motifs is 8. The van der Waals surface area contributed by atoms with Crippen molar-refractivity contribution in [3.05, 3.63) is 200 Å². The molecule has 2 heterocycles. The van der Waals surface area contributed by atoms with E-state index in [2.05, 4.69) is 205 Å². The molecule has 0 N–H and O–H groups in total. The van der Waals surface area contributed by atoms with Crippen LogP contribution in [0.2, 0.25) is 0 Å². The largest absolute Gasteiger partial charge is 0.455 e. The minimum Gasteiger partial charge on any atom is -0.455 e. The first kappa shape index (κ1) is 31.6. The van der Waals surface area contributed by atoms with Gasteiger partial charge in [0, 0.05) is 53.4 Å². The Labute approximate surface area is 322 Å². The molecular weight excluding hydrogens is 687 g/mol. The van der Waals surface area contributed by atoms with Gasteiger partial charge >= 0.3 is 0 Å². The summed E-state index contributed by atoms with van der Waals surface area (Å²) in [4.78, 5) is 2.32. The molecule has 0 saturated heterocycles. The summed E-state index contributed by atoms with van der Waals surface area (Å²) in [5.41, 5.74) is 12.3. The number of anilines is 3. The quantitative estimate of drug-likeness (QED) is 0.170. The topological polar surface area (TPSA) is 16.4 Å². The van der Waals surface area contributed by atoms with Crippen molar-refractivity contribution in [1.29, 1.82) is 0 Å².